The van der Waals surface area contributed by atoms with Gasteiger partial charge >= 0.3 is 0 Å². The minimum absolute atomic E-state index is 0.0164. The van der Waals surface area contributed by atoms with Crippen LogP contribution < -0.4 is 10.6 Å². The van der Waals surface area contributed by atoms with E-state index in [-0.39, 0.29) is 11.9 Å². The number of carbonyl (C=O) groups is 1. The molecular weight excluding hydrogens is 344 g/mol. The van der Waals surface area contributed by atoms with E-state index in [1.54, 1.807) is 0 Å². The quantitative estimate of drug-likeness (QED) is 0.686. The number of fused-ring (bicyclic) bond motifs is 3. The summed E-state index contributed by atoms with van der Waals surface area (Å²) in [5.74, 6) is 0.865. The van der Waals surface area contributed by atoms with Crippen molar-refractivity contribution in [3.05, 3.63) is 75.9 Å². The van der Waals surface area contributed by atoms with Gasteiger partial charge in [-0.15, -0.1) is 0 Å². The Morgan fingerprint density at radius 1 is 1.18 bits per heavy atom. The van der Waals surface area contributed by atoms with Crippen molar-refractivity contribution in [2.45, 2.75) is 52.5 Å². The van der Waals surface area contributed by atoms with Crippen molar-refractivity contribution in [2.24, 2.45) is 5.92 Å². The maximum atomic E-state index is 12.8. The van der Waals surface area contributed by atoms with Crippen molar-refractivity contribution >= 4 is 11.6 Å². The van der Waals surface area contributed by atoms with E-state index in [9.17, 15) is 4.79 Å². The highest BCUT2D eigenvalue weighted by atomic mass is 16.1. The van der Waals surface area contributed by atoms with Crippen LogP contribution in [0.4, 0.5) is 5.69 Å². The molecule has 1 amide bonds. The van der Waals surface area contributed by atoms with E-state index in [1.165, 1.54) is 27.8 Å². The number of allylic oxidation sites excluding steroid dienone is 2. The van der Waals surface area contributed by atoms with E-state index in [1.807, 2.05) is 12.1 Å². The average molecular weight is 375 g/mol. The molecular formula is C25H30N2O. The predicted molar refractivity (Wildman–Crippen MR) is 116 cm³/mol. The Kier molecular flexibility index (Phi) is 5.01. The van der Waals surface area contributed by atoms with Gasteiger partial charge in [-0.25, -0.2) is 0 Å². The zero-order valence-corrected chi connectivity index (χ0v) is 17.3. The van der Waals surface area contributed by atoms with E-state index < -0.39 is 0 Å². The molecule has 0 fully saturated rings. The molecule has 28 heavy (non-hydrogen) atoms. The lowest BCUT2D eigenvalue weighted by atomic mass is 9.74. The highest BCUT2D eigenvalue weighted by Crippen LogP contribution is 2.51. The van der Waals surface area contributed by atoms with Gasteiger partial charge in [-0.3, -0.25) is 4.79 Å². The van der Waals surface area contributed by atoms with E-state index in [0.717, 1.165) is 24.1 Å². The van der Waals surface area contributed by atoms with Crippen molar-refractivity contribution in [1.29, 1.82) is 0 Å². The first kappa shape index (κ1) is 18.8. The number of anilines is 1. The lowest BCUT2D eigenvalue weighted by molar-refractivity contribution is 0.0954. The van der Waals surface area contributed by atoms with Crippen LogP contribution in [0, 0.1) is 26.7 Å². The maximum absolute atomic E-state index is 12.8. The van der Waals surface area contributed by atoms with Crippen LogP contribution in [0.15, 0.2) is 42.5 Å². The molecule has 2 aromatic carbocycles. The third kappa shape index (κ3) is 3.13. The van der Waals surface area contributed by atoms with Gasteiger partial charge in [0.05, 0.1) is 17.3 Å². The number of benzene rings is 2. The molecule has 2 aliphatic rings. The topological polar surface area (TPSA) is 41.1 Å². The molecule has 0 saturated carbocycles. The normalized spacial score (nSPS) is 22.4. The minimum Gasteiger partial charge on any atom is -0.377 e. The Morgan fingerprint density at radius 3 is 2.64 bits per heavy atom. The molecule has 0 bridgehead atoms. The summed E-state index contributed by atoms with van der Waals surface area (Å²) in [5.41, 5.74) is 8.37. The molecule has 2 N–H and O–H groups in total. The molecule has 4 rings (SSSR count). The predicted octanol–water partition coefficient (Wildman–Crippen LogP) is 5.58. The SMILES string of the molecule is CCCNC(=O)c1cccc2c1NC(c1c(C)cc(C)cc1C)C1CC=CC21. The van der Waals surface area contributed by atoms with Crippen molar-refractivity contribution in [2.75, 3.05) is 11.9 Å². The Balaban J connectivity index is 1.81. The number of hydrogen-bond acceptors (Lipinski definition) is 2. The third-order valence-corrected chi connectivity index (χ3v) is 6.23. The molecule has 1 aliphatic heterocycles. The highest BCUT2D eigenvalue weighted by molar-refractivity contribution is 6.00. The molecule has 2 aromatic rings. The monoisotopic (exact) mass is 374 g/mol. The first-order valence-electron chi connectivity index (χ1n) is 10.4. The van der Waals surface area contributed by atoms with Gasteiger partial charge in [-0.2, -0.15) is 0 Å². The number of rotatable bonds is 4. The zero-order valence-electron chi connectivity index (χ0n) is 17.3. The fraction of sp³-hybridized carbons (Fsp3) is 0.400. The molecule has 0 spiro atoms. The number of amides is 1. The van der Waals surface area contributed by atoms with Gasteiger partial charge in [0.15, 0.2) is 0 Å². The van der Waals surface area contributed by atoms with Crippen molar-refractivity contribution in [3.63, 3.8) is 0 Å². The number of aryl methyl sites for hydroxylation is 3. The van der Waals surface area contributed by atoms with Crippen LogP contribution in [-0.4, -0.2) is 12.5 Å². The van der Waals surface area contributed by atoms with Gasteiger partial charge < -0.3 is 10.6 Å². The van der Waals surface area contributed by atoms with Crippen LogP contribution in [0.3, 0.4) is 0 Å². The lowest BCUT2D eigenvalue weighted by Crippen LogP contribution is -2.33. The van der Waals surface area contributed by atoms with Crippen molar-refractivity contribution in [3.8, 4) is 0 Å². The summed E-state index contributed by atoms with van der Waals surface area (Å²) in [6, 6.07) is 10.9. The van der Waals surface area contributed by atoms with E-state index in [4.69, 9.17) is 0 Å². The van der Waals surface area contributed by atoms with Crippen LogP contribution in [0.2, 0.25) is 0 Å². The zero-order chi connectivity index (χ0) is 19.8. The van der Waals surface area contributed by atoms with Crippen LogP contribution in [0.5, 0.6) is 0 Å². The smallest absolute Gasteiger partial charge is 0.253 e. The van der Waals surface area contributed by atoms with E-state index >= 15 is 0 Å². The Labute approximate surface area is 168 Å². The molecule has 1 aliphatic carbocycles. The lowest BCUT2D eigenvalue weighted by Gasteiger charge is -2.39. The fourth-order valence-corrected chi connectivity index (χ4v) is 5.11. The Bertz CT molecular complexity index is 921. The summed E-state index contributed by atoms with van der Waals surface area (Å²) < 4.78 is 0. The number of hydrogen-bond donors (Lipinski definition) is 2. The Morgan fingerprint density at radius 2 is 1.93 bits per heavy atom. The van der Waals surface area contributed by atoms with Gasteiger partial charge in [-0.1, -0.05) is 48.9 Å². The molecule has 3 heteroatoms. The minimum atomic E-state index is 0.0164. The Hall–Kier alpha value is -2.55. The van der Waals surface area contributed by atoms with Crippen molar-refractivity contribution in [1.82, 2.24) is 5.32 Å². The maximum Gasteiger partial charge on any atom is 0.253 e. The standard InChI is InChI=1S/C25H30N2O/c1-5-12-26-25(28)21-11-7-9-19-18-8-6-10-20(18)24(27-23(19)21)22-16(3)13-15(2)14-17(22)4/h6-9,11,13-14,18,20,24,27H,5,10,12H2,1-4H3,(H,26,28). The van der Waals surface area contributed by atoms with Crippen LogP contribution in [0.25, 0.3) is 0 Å². The molecule has 146 valence electrons. The number of carbonyl (C=O) groups excluding carboxylic acids is 1. The first-order chi connectivity index (χ1) is 13.5. The summed E-state index contributed by atoms with van der Waals surface area (Å²) >= 11 is 0. The number of nitrogens with one attached hydrogen (secondary N) is 2. The van der Waals surface area contributed by atoms with Gasteiger partial charge in [0.2, 0.25) is 0 Å². The molecule has 1 heterocycles. The summed E-state index contributed by atoms with van der Waals surface area (Å²) in [4.78, 5) is 12.8. The van der Waals surface area contributed by atoms with Gasteiger partial charge in [0.25, 0.3) is 5.91 Å². The molecule has 0 radical (unpaired) electrons. The fourth-order valence-electron chi connectivity index (χ4n) is 5.11. The largest absolute Gasteiger partial charge is 0.377 e. The second kappa shape index (κ2) is 7.46. The molecule has 3 unspecified atom stereocenters. The summed E-state index contributed by atoms with van der Waals surface area (Å²) in [6.45, 7) is 9.36. The van der Waals surface area contributed by atoms with Crippen LogP contribution >= 0.6 is 0 Å². The summed E-state index contributed by atoms with van der Waals surface area (Å²) in [6.07, 6.45) is 6.65. The highest BCUT2D eigenvalue weighted by Gasteiger charge is 2.40. The van der Waals surface area contributed by atoms with Crippen molar-refractivity contribution < 1.29 is 4.79 Å². The van der Waals surface area contributed by atoms with E-state index in [0.29, 0.717) is 18.4 Å². The molecule has 0 aromatic heterocycles. The second-order valence-electron chi connectivity index (χ2n) is 8.31. The molecule has 3 atom stereocenters. The van der Waals surface area contributed by atoms with Crippen LogP contribution in [-0.2, 0) is 0 Å². The van der Waals surface area contributed by atoms with Gasteiger partial charge in [0, 0.05) is 12.5 Å². The molecule has 0 saturated heterocycles. The number of para-hydroxylation sites is 1. The second-order valence-corrected chi connectivity index (χ2v) is 8.31. The van der Waals surface area contributed by atoms with Gasteiger partial charge in [-0.05, 0) is 67.9 Å². The van der Waals surface area contributed by atoms with Crippen LogP contribution in [0.1, 0.15) is 69.9 Å². The third-order valence-electron chi connectivity index (χ3n) is 6.23. The average Bonchev–Trinajstić information content (AvgIpc) is 3.15. The molecule has 3 nitrogen and oxygen atoms in total. The van der Waals surface area contributed by atoms with E-state index in [2.05, 4.69) is 68.7 Å². The summed E-state index contributed by atoms with van der Waals surface area (Å²) in [5, 5.41) is 6.86. The summed E-state index contributed by atoms with van der Waals surface area (Å²) in [7, 11) is 0. The van der Waals surface area contributed by atoms with Gasteiger partial charge in [0.1, 0.15) is 0 Å². The first-order valence-corrected chi connectivity index (χ1v) is 10.4.